The number of fused-ring (bicyclic) bond motifs is 1. The summed E-state index contributed by atoms with van der Waals surface area (Å²) in [4.78, 5) is 23.5. The molecule has 1 fully saturated rings. The molecular weight excluding hydrogens is 240 g/mol. The van der Waals surface area contributed by atoms with Gasteiger partial charge in [-0.15, -0.1) is 0 Å². The summed E-state index contributed by atoms with van der Waals surface area (Å²) in [6, 6.07) is 7.88. The Balaban J connectivity index is 1.90. The summed E-state index contributed by atoms with van der Waals surface area (Å²) in [6.07, 6.45) is 4.48. The molecule has 2 aliphatic carbocycles. The molecule has 19 heavy (non-hydrogen) atoms. The van der Waals surface area contributed by atoms with Crippen molar-refractivity contribution in [1.29, 1.82) is 0 Å². The van der Waals surface area contributed by atoms with Gasteiger partial charge in [0.25, 0.3) is 0 Å². The van der Waals surface area contributed by atoms with E-state index >= 15 is 0 Å². The largest absolute Gasteiger partial charge is 0.497 e. The van der Waals surface area contributed by atoms with Crippen LogP contribution in [0.25, 0.3) is 0 Å². The normalized spacial score (nSPS) is 29.4. The lowest BCUT2D eigenvalue weighted by Gasteiger charge is -2.23. The van der Waals surface area contributed by atoms with Gasteiger partial charge in [-0.25, -0.2) is 0 Å². The molecule has 3 heteroatoms. The van der Waals surface area contributed by atoms with Crippen LogP contribution >= 0.6 is 0 Å². The Morgan fingerprint density at radius 2 is 1.79 bits per heavy atom. The average Bonchev–Trinajstić information content (AvgIpc) is 2.76. The highest BCUT2D eigenvalue weighted by Crippen LogP contribution is 2.45. The molecule has 3 atom stereocenters. The van der Waals surface area contributed by atoms with Crippen LogP contribution in [0, 0.1) is 11.8 Å². The Labute approximate surface area is 112 Å². The third-order valence-corrected chi connectivity index (χ3v) is 4.23. The summed E-state index contributed by atoms with van der Waals surface area (Å²) in [5.41, 5.74) is 1.15. The number of ketones is 2. The molecule has 0 spiro atoms. The van der Waals surface area contributed by atoms with Gasteiger partial charge in [-0.05, 0) is 35.6 Å². The highest BCUT2D eigenvalue weighted by Gasteiger charge is 2.43. The zero-order valence-corrected chi connectivity index (χ0v) is 10.8. The fraction of sp³-hybridized carbons (Fsp3) is 0.375. The third-order valence-electron chi connectivity index (χ3n) is 4.23. The molecule has 0 N–H and O–H groups in total. The monoisotopic (exact) mass is 256 g/mol. The first-order valence-electron chi connectivity index (χ1n) is 6.56. The van der Waals surface area contributed by atoms with E-state index in [0.717, 1.165) is 11.3 Å². The first-order valence-corrected chi connectivity index (χ1v) is 6.56. The maximum atomic E-state index is 12.1. The number of carbonyl (C=O) groups excluding carboxylic acids is 2. The molecular formula is C16H16O3. The van der Waals surface area contributed by atoms with Gasteiger partial charge in [0.1, 0.15) is 11.5 Å². The predicted molar refractivity (Wildman–Crippen MR) is 71.1 cm³/mol. The lowest BCUT2D eigenvalue weighted by molar-refractivity contribution is -0.125. The van der Waals surface area contributed by atoms with Gasteiger partial charge >= 0.3 is 0 Å². The van der Waals surface area contributed by atoms with Crippen LogP contribution in [-0.2, 0) is 9.59 Å². The van der Waals surface area contributed by atoms with Crippen molar-refractivity contribution in [2.45, 2.75) is 18.8 Å². The quantitative estimate of drug-likeness (QED) is 0.816. The van der Waals surface area contributed by atoms with E-state index in [1.165, 1.54) is 0 Å². The number of rotatable bonds is 2. The molecule has 3 nitrogen and oxygen atoms in total. The Kier molecular flexibility index (Phi) is 2.97. The average molecular weight is 256 g/mol. The molecule has 0 aromatic heterocycles. The SMILES string of the molecule is COc1ccc([C@H]2CC(=O)[C@@H]3CC(=O)C=C[C@H]23)cc1. The Morgan fingerprint density at radius 3 is 2.47 bits per heavy atom. The van der Waals surface area contributed by atoms with Crippen molar-refractivity contribution in [3.8, 4) is 5.75 Å². The van der Waals surface area contributed by atoms with Crippen LogP contribution in [0.3, 0.4) is 0 Å². The zero-order valence-electron chi connectivity index (χ0n) is 10.8. The fourth-order valence-electron chi connectivity index (χ4n) is 3.21. The summed E-state index contributed by atoms with van der Waals surface area (Å²) < 4.78 is 5.15. The van der Waals surface area contributed by atoms with Crippen molar-refractivity contribution in [2.24, 2.45) is 11.8 Å². The first-order chi connectivity index (χ1) is 9.19. The molecule has 0 bridgehead atoms. The van der Waals surface area contributed by atoms with Crippen LogP contribution in [0.4, 0.5) is 0 Å². The van der Waals surface area contributed by atoms with Crippen LogP contribution in [0.5, 0.6) is 5.75 Å². The molecule has 2 aliphatic rings. The number of benzene rings is 1. The van der Waals surface area contributed by atoms with Crippen LogP contribution in [0.1, 0.15) is 24.3 Å². The molecule has 0 saturated heterocycles. The van der Waals surface area contributed by atoms with Crippen molar-refractivity contribution in [3.63, 3.8) is 0 Å². The molecule has 1 aromatic rings. The maximum Gasteiger partial charge on any atom is 0.156 e. The van der Waals surface area contributed by atoms with E-state index in [2.05, 4.69) is 0 Å². The number of allylic oxidation sites excluding steroid dienone is 2. The van der Waals surface area contributed by atoms with Gasteiger partial charge in [0.05, 0.1) is 7.11 Å². The highest BCUT2D eigenvalue weighted by atomic mass is 16.5. The van der Waals surface area contributed by atoms with Gasteiger partial charge in [0, 0.05) is 18.8 Å². The van der Waals surface area contributed by atoms with E-state index in [0.29, 0.717) is 12.8 Å². The summed E-state index contributed by atoms with van der Waals surface area (Å²) in [7, 11) is 1.64. The molecule has 0 amide bonds. The van der Waals surface area contributed by atoms with Gasteiger partial charge in [-0.2, -0.15) is 0 Å². The number of methoxy groups -OCH3 is 1. The van der Waals surface area contributed by atoms with Crippen molar-refractivity contribution in [3.05, 3.63) is 42.0 Å². The minimum Gasteiger partial charge on any atom is -0.497 e. The number of ether oxygens (including phenoxy) is 1. The second kappa shape index (κ2) is 4.65. The van der Waals surface area contributed by atoms with Crippen molar-refractivity contribution in [2.75, 3.05) is 7.11 Å². The molecule has 3 rings (SSSR count). The molecule has 1 aromatic carbocycles. The number of hydrogen-bond acceptors (Lipinski definition) is 3. The summed E-state index contributed by atoms with van der Waals surface area (Å²) in [5, 5.41) is 0. The van der Waals surface area contributed by atoms with E-state index in [9.17, 15) is 9.59 Å². The predicted octanol–water partition coefficient (Wildman–Crippen LogP) is 2.51. The molecule has 0 unspecified atom stereocenters. The minimum absolute atomic E-state index is 0.0741. The smallest absolute Gasteiger partial charge is 0.156 e. The standard InChI is InChI=1S/C16H16O3/c1-19-12-5-2-10(3-6-12)14-9-16(18)15-8-11(17)4-7-13(14)15/h2-7,13-15H,8-9H2,1H3/t13-,14-,15-/m1/s1. The number of Topliss-reactive ketones (excluding diaryl/α,β-unsaturated/α-hetero) is 1. The van der Waals surface area contributed by atoms with Crippen molar-refractivity contribution >= 4 is 11.6 Å². The van der Waals surface area contributed by atoms with Crippen molar-refractivity contribution < 1.29 is 14.3 Å². The van der Waals surface area contributed by atoms with Gasteiger partial charge < -0.3 is 4.74 Å². The number of hydrogen-bond donors (Lipinski definition) is 0. The van der Waals surface area contributed by atoms with Crippen LogP contribution in [0.15, 0.2) is 36.4 Å². The van der Waals surface area contributed by atoms with E-state index in [1.807, 2.05) is 30.3 Å². The highest BCUT2D eigenvalue weighted by molar-refractivity contribution is 5.97. The molecule has 0 heterocycles. The fourth-order valence-corrected chi connectivity index (χ4v) is 3.21. The second-order valence-electron chi connectivity index (χ2n) is 5.26. The Hall–Kier alpha value is -1.90. The van der Waals surface area contributed by atoms with E-state index in [-0.39, 0.29) is 29.3 Å². The number of carbonyl (C=O) groups is 2. The molecule has 0 radical (unpaired) electrons. The van der Waals surface area contributed by atoms with E-state index < -0.39 is 0 Å². The lowest BCUT2D eigenvalue weighted by Crippen LogP contribution is -2.22. The van der Waals surface area contributed by atoms with Crippen LogP contribution in [-0.4, -0.2) is 18.7 Å². The molecule has 0 aliphatic heterocycles. The van der Waals surface area contributed by atoms with E-state index in [4.69, 9.17) is 4.74 Å². The zero-order chi connectivity index (χ0) is 13.4. The topological polar surface area (TPSA) is 43.4 Å². The Bertz CT molecular complexity index is 542. The van der Waals surface area contributed by atoms with E-state index in [1.54, 1.807) is 13.2 Å². The first kappa shape index (κ1) is 12.2. The van der Waals surface area contributed by atoms with Gasteiger partial charge in [0.2, 0.25) is 0 Å². The van der Waals surface area contributed by atoms with Crippen LogP contribution in [0.2, 0.25) is 0 Å². The van der Waals surface area contributed by atoms with Crippen molar-refractivity contribution in [1.82, 2.24) is 0 Å². The van der Waals surface area contributed by atoms with Gasteiger partial charge in [-0.3, -0.25) is 9.59 Å². The van der Waals surface area contributed by atoms with Gasteiger partial charge in [0.15, 0.2) is 5.78 Å². The maximum absolute atomic E-state index is 12.1. The van der Waals surface area contributed by atoms with Crippen LogP contribution < -0.4 is 4.74 Å². The second-order valence-corrected chi connectivity index (χ2v) is 5.26. The lowest BCUT2D eigenvalue weighted by atomic mass is 9.79. The molecule has 1 saturated carbocycles. The summed E-state index contributed by atoms with van der Waals surface area (Å²) in [5.74, 6) is 1.39. The summed E-state index contributed by atoms with van der Waals surface area (Å²) in [6.45, 7) is 0. The summed E-state index contributed by atoms with van der Waals surface area (Å²) >= 11 is 0. The Morgan fingerprint density at radius 1 is 1.05 bits per heavy atom. The molecule has 98 valence electrons. The third kappa shape index (κ3) is 2.09. The minimum atomic E-state index is -0.107. The van der Waals surface area contributed by atoms with Gasteiger partial charge in [-0.1, -0.05) is 18.2 Å².